The molecule has 5 heteroatoms. The van der Waals surface area contributed by atoms with E-state index in [0.717, 1.165) is 44.5 Å². The van der Waals surface area contributed by atoms with Gasteiger partial charge in [-0.3, -0.25) is 0 Å². The van der Waals surface area contributed by atoms with E-state index in [1.807, 2.05) is 11.6 Å². The molecule has 1 aliphatic rings. The molecule has 2 rings (SSSR count). The van der Waals surface area contributed by atoms with E-state index in [1.54, 1.807) is 6.20 Å². The molecule has 4 nitrogen and oxygen atoms in total. The molecule has 0 unspecified atom stereocenters. The van der Waals surface area contributed by atoms with Crippen molar-refractivity contribution in [1.29, 1.82) is 0 Å². The second-order valence-electron chi connectivity index (χ2n) is 4.60. The lowest BCUT2D eigenvalue weighted by Crippen LogP contribution is -2.19. The monoisotopic (exact) mass is 257 g/mol. The van der Waals surface area contributed by atoms with Crippen LogP contribution in [0.2, 0.25) is 5.15 Å². The van der Waals surface area contributed by atoms with Gasteiger partial charge in [0, 0.05) is 20.3 Å². The van der Waals surface area contributed by atoms with Crippen LogP contribution in [0.5, 0.6) is 0 Å². The van der Waals surface area contributed by atoms with E-state index in [9.17, 15) is 0 Å². The number of aromatic nitrogens is 2. The summed E-state index contributed by atoms with van der Waals surface area (Å²) in [5.74, 6) is 1.83. The van der Waals surface area contributed by atoms with Gasteiger partial charge in [-0.2, -0.15) is 0 Å². The van der Waals surface area contributed by atoms with E-state index < -0.39 is 0 Å². The van der Waals surface area contributed by atoms with Crippen LogP contribution in [0.1, 0.15) is 25.1 Å². The normalized spacial score (nSPS) is 15.4. The highest BCUT2D eigenvalue weighted by Gasteiger charge is 2.20. The molecule has 0 radical (unpaired) electrons. The fourth-order valence-electron chi connectivity index (χ4n) is 1.62. The highest BCUT2D eigenvalue weighted by atomic mass is 35.5. The van der Waals surface area contributed by atoms with Crippen LogP contribution in [-0.4, -0.2) is 29.3 Å². The number of ether oxygens (including phenoxy) is 1. The van der Waals surface area contributed by atoms with Crippen molar-refractivity contribution in [3.8, 4) is 0 Å². The van der Waals surface area contributed by atoms with Gasteiger partial charge in [0.25, 0.3) is 0 Å². The molecule has 17 heavy (non-hydrogen) atoms. The molecule has 0 amide bonds. The largest absolute Gasteiger partial charge is 0.381 e. The number of nitrogens with zero attached hydrogens (tertiary/aromatic N) is 2. The molecule has 1 aromatic heterocycles. The van der Waals surface area contributed by atoms with Gasteiger partial charge in [0.1, 0.15) is 11.0 Å². The first kappa shape index (κ1) is 12.9. The van der Waals surface area contributed by atoms with Crippen molar-refractivity contribution in [2.75, 3.05) is 19.8 Å². The molecule has 0 bridgehead atoms. The molecule has 0 saturated heterocycles. The molecule has 0 spiro atoms. The van der Waals surface area contributed by atoms with E-state index in [0.29, 0.717) is 5.15 Å². The van der Waals surface area contributed by atoms with E-state index in [1.165, 1.54) is 12.8 Å². The van der Waals surface area contributed by atoms with Crippen LogP contribution in [0, 0.1) is 5.92 Å². The van der Waals surface area contributed by atoms with Gasteiger partial charge in [-0.1, -0.05) is 11.6 Å². The Balaban J connectivity index is 1.49. The molecule has 0 aliphatic heterocycles. The van der Waals surface area contributed by atoms with Gasteiger partial charge in [-0.15, -0.1) is 0 Å². The lowest BCUT2D eigenvalue weighted by Gasteiger charge is -2.06. The summed E-state index contributed by atoms with van der Waals surface area (Å²) >= 11 is 5.90. The van der Waals surface area contributed by atoms with Crippen LogP contribution in [0.4, 0.5) is 0 Å². The summed E-state index contributed by atoms with van der Waals surface area (Å²) in [6, 6.07) is 0. The highest BCUT2D eigenvalue weighted by Crippen LogP contribution is 2.28. The lowest BCUT2D eigenvalue weighted by atomic mass is 10.4. The topological polar surface area (TPSA) is 39.1 Å². The number of imidazole rings is 1. The molecule has 1 aromatic rings. The standard InChI is InChI=1S/C12H20ClN3O/c1-16-11(13)7-15-12(16)8-14-5-2-6-17-9-10-3-4-10/h7,10,14H,2-6,8-9H2,1H3. The van der Waals surface area contributed by atoms with E-state index in [-0.39, 0.29) is 0 Å². The Labute approximate surface area is 107 Å². The zero-order chi connectivity index (χ0) is 12.1. The SMILES string of the molecule is Cn1c(Cl)cnc1CNCCCOCC1CC1. The van der Waals surface area contributed by atoms with Crippen molar-refractivity contribution in [3.05, 3.63) is 17.2 Å². The maximum Gasteiger partial charge on any atom is 0.128 e. The van der Waals surface area contributed by atoms with Gasteiger partial charge in [0.15, 0.2) is 0 Å². The molecular weight excluding hydrogens is 238 g/mol. The summed E-state index contributed by atoms with van der Waals surface area (Å²) in [6.07, 6.45) is 5.44. The average molecular weight is 258 g/mol. The van der Waals surface area contributed by atoms with Crippen LogP contribution in [0.3, 0.4) is 0 Å². The molecule has 96 valence electrons. The number of halogens is 1. The molecule has 1 saturated carbocycles. The minimum absolute atomic E-state index is 0.676. The summed E-state index contributed by atoms with van der Waals surface area (Å²) in [6.45, 7) is 3.51. The fraction of sp³-hybridized carbons (Fsp3) is 0.750. The van der Waals surface area contributed by atoms with Crippen molar-refractivity contribution in [2.24, 2.45) is 13.0 Å². The molecular formula is C12H20ClN3O. The van der Waals surface area contributed by atoms with Crippen molar-refractivity contribution >= 4 is 11.6 Å². The first-order chi connectivity index (χ1) is 8.27. The zero-order valence-corrected chi connectivity index (χ0v) is 11.0. The molecule has 1 N–H and O–H groups in total. The van der Waals surface area contributed by atoms with Gasteiger partial charge in [0.2, 0.25) is 0 Å². The fourth-order valence-corrected chi connectivity index (χ4v) is 1.77. The summed E-state index contributed by atoms with van der Waals surface area (Å²) in [4.78, 5) is 4.22. The second kappa shape index (κ2) is 6.38. The Morgan fingerprint density at radius 1 is 1.59 bits per heavy atom. The summed E-state index contributed by atoms with van der Waals surface area (Å²) in [7, 11) is 1.92. The van der Waals surface area contributed by atoms with Gasteiger partial charge < -0.3 is 14.6 Å². The van der Waals surface area contributed by atoms with Crippen molar-refractivity contribution < 1.29 is 4.74 Å². The van der Waals surface area contributed by atoms with Crippen molar-refractivity contribution in [2.45, 2.75) is 25.8 Å². The molecule has 1 fully saturated rings. The number of hydrogen-bond acceptors (Lipinski definition) is 3. The van der Waals surface area contributed by atoms with Crippen molar-refractivity contribution in [3.63, 3.8) is 0 Å². The smallest absolute Gasteiger partial charge is 0.128 e. The molecule has 1 aliphatic carbocycles. The third-order valence-corrected chi connectivity index (χ3v) is 3.35. The summed E-state index contributed by atoms with van der Waals surface area (Å²) in [5.41, 5.74) is 0. The van der Waals surface area contributed by atoms with Gasteiger partial charge in [-0.25, -0.2) is 4.98 Å². The molecule has 1 heterocycles. The first-order valence-corrected chi connectivity index (χ1v) is 6.59. The Morgan fingerprint density at radius 3 is 3.06 bits per heavy atom. The predicted octanol–water partition coefficient (Wildman–Crippen LogP) is 1.98. The Bertz CT molecular complexity index is 350. The minimum atomic E-state index is 0.676. The van der Waals surface area contributed by atoms with Crippen molar-refractivity contribution in [1.82, 2.24) is 14.9 Å². The number of hydrogen-bond donors (Lipinski definition) is 1. The Morgan fingerprint density at radius 2 is 2.41 bits per heavy atom. The molecule has 0 aromatic carbocycles. The maximum absolute atomic E-state index is 5.90. The van der Waals surface area contributed by atoms with Crippen LogP contribution >= 0.6 is 11.6 Å². The average Bonchev–Trinajstić information content (AvgIpc) is 3.09. The summed E-state index contributed by atoms with van der Waals surface area (Å²) in [5, 5.41) is 4.01. The van der Waals surface area contributed by atoms with E-state index >= 15 is 0 Å². The Kier molecular flexibility index (Phi) is 4.83. The molecule has 0 atom stereocenters. The number of nitrogens with one attached hydrogen (secondary N) is 1. The van der Waals surface area contributed by atoms with Crippen LogP contribution in [-0.2, 0) is 18.3 Å². The first-order valence-electron chi connectivity index (χ1n) is 6.22. The number of rotatable bonds is 8. The lowest BCUT2D eigenvalue weighted by molar-refractivity contribution is 0.122. The zero-order valence-electron chi connectivity index (χ0n) is 10.3. The van der Waals surface area contributed by atoms with Gasteiger partial charge in [0.05, 0.1) is 12.7 Å². The van der Waals surface area contributed by atoms with Crippen LogP contribution in [0.25, 0.3) is 0 Å². The van der Waals surface area contributed by atoms with Crippen LogP contribution < -0.4 is 5.32 Å². The predicted molar refractivity (Wildman–Crippen MR) is 68.1 cm³/mol. The quantitative estimate of drug-likeness (QED) is 0.724. The maximum atomic E-state index is 5.90. The van der Waals surface area contributed by atoms with Crippen LogP contribution in [0.15, 0.2) is 6.20 Å². The van der Waals surface area contributed by atoms with Gasteiger partial charge in [-0.05, 0) is 31.7 Å². The highest BCUT2D eigenvalue weighted by molar-refractivity contribution is 6.29. The minimum Gasteiger partial charge on any atom is -0.381 e. The second-order valence-corrected chi connectivity index (χ2v) is 4.99. The van der Waals surface area contributed by atoms with E-state index in [4.69, 9.17) is 16.3 Å². The third-order valence-electron chi connectivity index (χ3n) is 3.00. The van der Waals surface area contributed by atoms with Gasteiger partial charge >= 0.3 is 0 Å². The third kappa shape index (κ3) is 4.30. The Hall–Kier alpha value is -0.580. The van der Waals surface area contributed by atoms with E-state index in [2.05, 4.69) is 10.3 Å². The summed E-state index contributed by atoms with van der Waals surface area (Å²) < 4.78 is 7.44.